The number of benzene rings is 2. The Morgan fingerprint density at radius 3 is 2.59 bits per heavy atom. The maximum absolute atomic E-state index is 12.2. The number of ether oxygens (including phenoxy) is 3. The molecule has 0 spiro atoms. The van der Waals surface area contributed by atoms with Crippen LogP contribution in [-0.2, 0) is 0 Å². The van der Waals surface area contributed by atoms with Crippen LogP contribution in [0.4, 0.5) is 0 Å². The van der Waals surface area contributed by atoms with Crippen molar-refractivity contribution in [2.24, 2.45) is 0 Å². The summed E-state index contributed by atoms with van der Waals surface area (Å²) in [5.41, 5.74) is 1.85. The average molecular weight is 545 g/mol. The van der Waals surface area contributed by atoms with E-state index in [-0.39, 0.29) is 12.5 Å². The zero-order valence-electron chi connectivity index (χ0n) is 17.4. The molecule has 10 heteroatoms. The Labute approximate surface area is 197 Å². The Morgan fingerprint density at radius 2 is 1.84 bits per heavy atom. The molecule has 0 aliphatic rings. The van der Waals surface area contributed by atoms with Gasteiger partial charge >= 0.3 is 0 Å². The molecule has 1 amide bonds. The number of carbonyl (C=O) groups is 1. The monoisotopic (exact) mass is 545 g/mol. The highest BCUT2D eigenvalue weighted by atomic mass is 127. The number of rotatable bonds is 8. The lowest BCUT2D eigenvalue weighted by Crippen LogP contribution is -2.28. The van der Waals surface area contributed by atoms with Crippen LogP contribution in [0.3, 0.4) is 0 Å². The number of hydrogen-bond donors (Lipinski definition) is 1. The minimum atomic E-state index is -0.153. The molecule has 9 nitrogen and oxygen atoms in total. The number of nitrogens with one attached hydrogen (secondary N) is 1. The van der Waals surface area contributed by atoms with Crippen molar-refractivity contribution in [1.29, 1.82) is 0 Å². The Morgan fingerprint density at radius 1 is 1.03 bits per heavy atom. The van der Waals surface area contributed by atoms with Gasteiger partial charge in [-0.3, -0.25) is 4.79 Å². The summed E-state index contributed by atoms with van der Waals surface area (Å²) < 4.78 is 19.1. The van der Waals surface area contributed by atoms with Crippen molar-refractivity contribution >= 4 is 34.1 Å². The molecule has 0 fully saturated rings. The number of halogens is 1. The highest BCUT2D eigenvalue weighted by molar-refractivity contribution is 14.1. The van der Waals surface area contributed by atoms with Gasteiger partial charge in [-0.25, -0.2) is 0 Å². The van der Waals surface area contributed by atoms with Gasteiger partial charge in [-0.05, 0) is 71.1 Å². The lowest BCUT2D eigenvalue weighted by Gasteiger charge is -2.10. The van der Waals surface area contributed by atoms with Gasteiger partial charge < -0.3 is 19.5 Å². The van der Waals surface area contributed by atoms with Gasteiger partial charge in [0.2, 0.25) is 5.88 Å². The Hall–Kier alpha value is -3.41. The second kappa shape index (κ2) is 9.81. The van der Waals surface area contributed by atoms with Crippen molar-refractivity contribution in [3.8, 4) is 28.8 Å². The third kappa shape index (κ3) is 4.74. The van der Waals surface area contributed by atoms with Gasteiger partial charge in [0.1, 0.15) is 18.1 Å². The van der Waals surface area contributed by atoms with E-state index in [1.807, 2.05) is 18.2 Å². The number of aromatic nitrogens is 4. The lowest BCUT2D eigenvalue weighted by atomic mass is 10.2. The first-order valence-electron chi connectivity index (χ1n) is 9.70. The van der Waals surface area contributed by atoms with Crippen molar-refractivity contribution in [2.45, 2.75) is 0 Å². The van der Waals surface area contributed by atoms with Crippen molar-refractivity contribution in [1.82, 2.24) is 25.1 Å². The van der Waals surface area contributed by atoms with Crippen LogP contribution in [0.2, 0.25) is 0 Å². The van der Waals surface area contributed by atoms with Gasteiger partial charge in [-0.1, -0.05) is 0 Å². The number of nitrogens with zero attached hydrogens (tertiary/aromatic N) is 4. The van der Waals surface area contributed by atoms with E-state index in [0.29, 0.717) is 46.5 Å². The predicted molar refractivity (Wildman–Crippen MR) is 126 cm³/mol. The molecular weight excluding hydrogens is 525 g/mol. The maximum Gasteiger partial charge on any atom is 0.251 e. The topological polar surface area (TPSA) is 99.9 Å². The summed E-state index contributed by atoms with van der Waals surface area (Å²) >= 11 is 2.20. The van der Waals surface area contributed by atoms with Crippen LogP contribution in [-0.4, -0.2) is 53.1 Å². The Balaban J connectivity index is 1.46. The standard InChI is InChI=1S/C22H20IN5O4/c1-30-16-7-8-18(31-2)17(13-16)21-26-25-19-9-10-20(27-28(19)21)32-12-11-24-22(29)14-3-5-15(23)6-4-14/h3-10,13H,11-12H2,1-2H3,(H,24,29). The first-order chi connectivity index (χ1) is 15.6. The Bertz CT molecular complexity index is 1240. The van der Waals surface area contributed by atoms with Gasteiger partial charge in [0, 0.05) is 15.2 Å². The highest BCUT2D eigenvalue weighted by Gasteiger charge is 2.16. The molecule has 164 valence electrons. The van der Waals surface area contributed by atoms with Crippen molar-refractivity contribution < 1.29 is 19.0 Å². The summed E-state index contributed by atoms with van der Waals surface area (Å²) in [6.07, 6.45) is 0. The van der Waals surface area contributed by atoms with Crippen LogP contribution in [0.15, 0.2) is 54.6 Å². The minimum Gasteiger partial charge on any atom is -0.497 e. The summed E-state index contributed by atoms with van der Waals surface area (Å²) in [5, 5.41) is 15.7. The second-order valence-corrected chi connectivity index (χ2v) is 7.89. The lowest BCUT2D eigenvalue weighted by molar-refractivity contribution is 0.0946. The first-order valence-corrected chi connectivity index (χ1v) is 10.8. The molecule has 0 atom stereocenters. The summed E-state index contributed by atoms with van der Waals surface area (Å²) in [6, 6.07) is 16.2. The van der Waals surface area contributed by atoms with Crippen LogP contribution < -0.4 is 19.5 Å². The smallest absolute Gasteiger partial charge is 0.251 e. The van der Waals surface area contributed by atoms with Crippen LogP contribution in [0.5, 0.6) is 17.4 Å². The zero-order valence-corrected chi connectivity index (χ0v) is 19.6. The van der Waals surface area contributed by atoms with Crippen LogP contribution in [0.25, 0.3) is 17.0 Å². The molecule has 0 bridgehead atoms. The molecular formula is C22H20IN5O4. The predicted octanol–water partition coefficient (Wildman–Crippen LogP) is 3.22. The molecule has 0 saturated carbocycles. The maximum atomic E-state index is 12.2. The number of amides is 1. The van der Waals surface area contributed by atoms with Gasteiger partial charge in [0.25, 0.3) is 5.91 Å². The average Bonchev–Trinajstić information content (AvgIpc) is 3.24. The first kappa shape index (κ1) is 21.8. The van der Waals surface area contributed by atoms with E-state index < -0.39 is 0 Å². The number of hydrogen-bond acceptors (Lipinski definition) is 7. The molecule has 4 rings (SSSR count). The van der Waals surface area contributed by atoms with Crippen LogP contribution >= 0.6 is 22.6 Å². The van der Waals surface area contributed by atoms with Crippen molar-refractivity contribution in [2.75, 3.05) is 27.4 Å². The van der Waals surface area contributed by atoms with E-state index >= 15 is 0 Å². The number of carbonyl (C=O) groups excluding carboxylic acids is 1. The van der Waals surface area contributed by atoms with Gasteiger partial charge in [0.05, 0.1) is 26.3 Å². The molecule has 0 aliphatic carbocycles. The third-order valence-electron chi connectivity index (χ3n) is 4.63. The van der Waals surface area contributed by atoms with E-state index in [1.165, 1.54) is 0 Å². The largest absolute Gasteiger partial charge is 0.497 e. The quantitative estimate of drug-likeness (QED) is 0.268. The summed E-state index contributed by atoms with van der Waals surface area (Å²) in [5.74, 6) is 2.00. The van der Waals surface area contributed by atoms with E-state index in [1.54, 1.807) is 55.1 Å². The molecule has 0 aliphatic heterocycles. The van der Waals surface area contributed by atoms with E-state index in [9.17, 15) is 4.79 Å². The molecule has 4 aromatic rings. The zero-order chi connectivity index (χ0) is 22.5. The van der Waals surface area contributed by atoms with Crippen molar-refractivity contribution in [3.63, 3.8) is 0 Å². The summed E-state index contributed by atoms with van der Waals surface area (Å²) in [6.45, 7) is 0.595. The van der Waals surface area contributed by atoms with Crippen LogP contribution in [0, 0.1) is 3.57 Å². The van der Waals surface area contributed by atoms with E-state index in [0.717, 1.165) is 3.57 Å². The fraction of sp³-hybridized carbons (Fsp3) is 0.182. The normalized spacial score (nSPS) is 10.7. The summed E-state index contributed by atoms with van der Waals surface area (Å²) in [7, 11) is 3.18. The molecule has 1 N–H and O–H groups in total. The molecule has 2 aromatic carbocycles. The molecule has 2 aromatic heterocycles. The summed E-state index contributed by atoms with van der Waals surface area (Å²) in [4.78, 5) is 12.2. The molecule has 0 saturated heterocycles. The van der Waals surface area contributed by atoms with E-state index in [4.69, 9.17) is 14.2 Å². The minimum absolute atomic E-state index is 0.153. The third-order valence-corrected chi connectivity index (χ3v) is 5.35. The van der Waals surface area contributed by atoms with E-state index in [2.05, 4.69) is 43.2 Å². The van der Waals surface area contributed by atoms with Crippen LogP contribution in [0.1, 0.15) is 10.4 Å². The van der Waals surface area contributed by atoms with Crippen molar-refractivity contribution in [3.05, 3.63) is 63.7 Å². The molecule has 32 heavy (non-hydrogen) atoms. The van der Waals surface area contributed by atoms with Gasteiger partial charge in [0.15, 0.2) is 11.5 Å². The molecule has 0 radical (unpaired) electrons. The fourth-order valence-corrected chi connectivity index (χ4v) is 3.39. The number of methoxy groups -OCH3 is 2. The Kier molecular flexibility index (Phi) is 6.69. The molecule has 0 unspecified atom stereocenters. The second-order valence-electron chi connectivity index (χ2n) is 6.64. The fourth-order valence-electron chi connectivity index (χ4n) is 3.03. The van der Waals surface area contributed by atoms with Gasteiger partial charge in [-0.15, -0.1) is 15.3 Å². The number of fused-ring (bicyclic) bond motifs is 1. The SMILES string of the molecule is COc1ccc(OC)c(-c2nnc3ccc(OCCNC(=O)c4ccc(I)cc4)nn23)c1. The molecule has 2 heterocycles. The van der Waals surface area contributed by atoms with Gasteiger partial charge in [-0.2, -0.15) is 4.52 Å². The highest BCUT2D eigenvalue weighted by Crippen LogP contribution is 2.32.